The number of aliphatic imine (C=N–C) groups is 1. The van der Waals surface area contributed by atoms with Crippen LogP contribution in [0.5, 0.6) is 5.75 Å². The first kappa shape index (κ1) is 19.7. The lowest BCUT2D eigenvalue weighted by atomic mass is 9.93. The standard InChI is InChI=1S/C25H26N3O2/c1-27(2)16-26-18-8-6-17(7-9-18)25-21-12-10-19(28(3)4)14-23(21)30-24-15-20(29-5)11-13-22(24)25/h6-16H,1-5H3/q+1. The maximum absolute atomic E-state index is 6.29. The summed E-state index contributed by atoms with van der Waals surface area (Å²) >= 11 is 0. The molecule has 30 heavy (non-hydrogen) atoms. The fourth-order valence-electron chi connectivity index (χ4n) is 3.47. The second kappa shape index (κ2) is 8.03. The van der Waals surface area contributed by atoms with Crippen molar-refractivity contribution in [3.05, 3.63) is 66.0 Å². The molecule has 0 atom stereocenters. The van der Waals surface area contributed by atoms with E-state index in [4.69, 9.17) is 9.15 Å². The molecule has 0 spiro atoms. The topological polar surface area (TPSA) is 41.0 Å². The molecule has 5 nitrogen and oxygen atoms in total. The van der Waals surface area contributed by atoms with E-state index in [0.29, 0.717) is 0 Å². The van der Waals surface area contributed by atoms with E-state index in [1.807, 2.05) is 57.4 Å². The Morgan fingerprint density at radius 1 is 0.967 bits per heavy atom. The summed E-state index contributed by atoms with van der Waals surface area (Å²) in [5.41, 5.74) is 5.04. The van der Waals surface area contributed by atoms with Crippen LogP contribution in [0.1, 0.15) is 0 Å². The number of nitrogens with zero attached hydrogens (tertiary/aromatic N) is 3. The average Bonchev–Trinajstić information content (AvgIpc) is 2.75. The molecule has 0 fully saturated rings. The highest BCUT2D eigenvalue weighted by Crippen LogP contribution is 2.41. The zero-order valence-corrected chi connectivity index (χ0v) is 18.0. The van der Waals surface area contributed by atoms with Crippen LogP contribution in [0.25, 0.3) is 33.4 Å². The number of hydrogen-bond acceptors (Lipinski definition) is 3. The quantitative estimate of drug-likeness (QED) is 0.220. The molecule has 0 saturated heterocycles. The third-order valence-corrected chi connectivity index (χ3v) is 5.02. The summed E-state index contributed by atoms with van der Waals surface area (Å²) in [5, 5.41) is 2.14. The third-order valence-electron chi connectivity index (χ3n) is 5.02. The summed E-state index contributed by atoms with van der Waals surface area (Å²) < 4.78 is 13.8. The van der Waals surface area contributed by atoms with E-state index in [2.05, 4.69) is 46.0 Å². The van der Waals surface area contributed by atoms with Crippen LogP contribution in [0.2, 0.25) is 0 Å². The fourth-order valence-corrected chi connectivity index (χ4v) is 3.47. The fraction of sp³-hybridized carbons (Fsp3) is 0.200. The molecule has 1 heterocycles. The van der Waals surface area contributed by atoms with E-state index in [1.54, 1.807) is 13.4 Å². The van der Waals surface area contributed by atoms with Gasteiger partial charge in [0.1, 0.15) is 31.2 Å². The third kappa shape index (κ3) is 3.79. The Labute approximate surface area is 176 Å². The Morgan fingerprint density at radius 3 is 2.40 bits per heavy atom. The molecule has 0 unspecified atom stereocenters. The molecule has 0 amide bonds. The highest BCUT2D eigenvalue weighted by Gasteiger charge is 2.18. The monoisotopic (exact) mass is 400 g/mol. The molecule has 2 aliphatic rings. The van der Waals surface area contributed by atoms with Crippen molar-refractivity contribution in [3.8, 4) is 28.2 Å². The van der Waals surface area contributed by atoms with Crippen LogP contribution < -0.4 is 14.7 Å². The molecular weight excluding hydrogens is 374 g/mol. The van der Waals surface area contributed by atoms with Crippen LogP contribution in [0.15, 0.2) is 70.1 Å². The van der Waals surface area contributed by atoms with Gasteiger partial charge in [0.2, 0.25) is 5.36 Å². The Kier molecular flexibility index (Phi) is 5.27. The van der Waals surface area contributed by atoms with Gasteiger partial charge >= 0.3 is 0 Å². The van der Waals surface area contributed by atoms with Gasteiger partial charge in [0, 0.05) is 42.7 Å². The number of methoxy groups -OCH3 is 1. The number of rotatable bonds is 4. The van der Waals surface area contributed by atoms with Gasteiger partial charge in [0.15, 0.2) is 0 Å². The second-order valence-electron chi connectivity index (χ2n) is 7.67. The average molecular weight is 401 g/mol. The summed E-state index contributed by atoms with van der Waals surface area (Å²) in [7, 11) is 9.64. The first-order chi connectivity index (χ1) is 14.5. The van der Waals surface area contributed by atoms with Gasteiger partial charge in [-0.15, -0.1) is 0 Å². The van der Waals surface area contributed by atoms with Gasteiger partial charge in [-0.05, 0) is 35.9 Å². The van der Waals surface area contributed by atoms with Crippen molar-refractivity contribution in [1.29, 1.82) is 0 Å². The molecule has 0 saturated carbocycles. The predicted octanol–water partition coefficient (Wildman–Crippen LogP) is 4.47. The Morgan fingerprint density at radius 2 is 1.73 bits per heavy atom. The van der Waals surface area contributed by atoms with E-state index < -0.39 is 0 Å². The maximum atomic E-state index is 6.29. The van der Waals surface area contributed by atoms with Gasteiger partial charge in [-0.25, -0.2) is 9.57 Å². The van der Waals surface area contributed by atoms with Gasteiger partial charge in [0.05, 0.1) is 25.2 Å². The summed E-state index contributed by atoms with van der Waals surface area (Å²) in [6.07, 6.45) is 1.80. The highest BCUT2D eigenvalue weighted by molar-refractivity contribution is 6.02. The molecule has 5 heteroatoms. The minimum absolute atomic E-state index is 0.772. The molecule has 1 aliphatic carbocycles. The summed E-state index contributed by atoms with van der Waals surface area (Å²) in [5.74, 6) is 1.61. The van der Waals surface area contributed by atoms with Crippen molar-refractivity contribution in [1.82, 2.24) is 9.48 Å². The molecule has 2 aromatic rings. The zero-order chi connectivity index (χ0) is 21.3. The smallest absolute Gasteiger partial charge is 0.203 e. The lowest BCUT2D eigenvalue weighted by Crippen LogP contribution is -2.21. The van der Waals surface area contributed by atoms with Crippen LogP contribution in [-0.4, -0.2) is 46.5 Å². The first-order valence-electron chi connectivity index (χ1n) is 9.82. The van der Waals surface area contributed by atoms with Gasteiger partial charge in [-0.2, -0.15) is 0 Å². The largest absolute Gasteiger partial charge is 0.497 e. The van der Waals surface area contributed by atoms with Crippen LogP contribution in [-0.2, 0) is 0 Å². The molecule has 0 N–H and O–H groups in total. The first-order valence-corrected chi connectivity index (χ1v) is 9.82. The van der Waals surface area contributed by atoms with Crippen molar-refractivity contribution >= 4 is 23.0 Å². The van der Waals surface area contributed by atoms with Crippen LogP contribution in [0.4, 0.5) is 5.69 Å². The lowest BCUT2D eigenvalue weighted by Gasteiger charge is -2.15. The molecule has 152 valence electrons. The Hall–Kier alpha value is -3.60. The minimum Gasteiger partial charge on any atom is -0.497 e. The highest BCUT2D eigenvalue weighted by atomic mass is 16.5. The van der Waals surface area contributed by atoms with Crippen molar-refractivity contribution < 1.29 is 9.15 Å². The molecule has 2 aromatic carbocycles. The van der Waals surface area contributed by atoms with Crippen LogP contribution in [0.3, 0.4) is 0 Å². The summed E-state index contributed by atoms with van der Waals surface area (Å²) in [6, 6.07) is 20.6. The van der Waals surface area contributed by atoms with E-state index in [0.717, 1.165) is 50.2 Å². The number of hydrogen-bond donors (Lipinski definition) is 0. The van der Waals surface area contributed by atoms with Gasteiger partial charge in [0.25, 0.3) is 0 Å². The Bertz CT molecular complexity index is 1260. The van der Waals surface area contributed by atoms with Gasteiger partial charge < -0.3 is 14.1 Å². The van der Waals surface area contributed by atoms with Crippen LogP contribution in [0, 0.1) is 0 Å². The molecule has 0 radical (unpaired) electrons. The van der Waals surface area contributed by atoms with E-state index >= 15 is 0 Å². The second-order valence-corrected chi connectivity index (χ2v) is 7.67. The number of benzene rings is 3. The summed E-state index contributed by atoms with van der Waals surface area (Å²) in [4.78, 5) is 6.40. The van der Waals surface area contributed by atoms with E-state index in [9.17, 15) is 0 Å². The SMILES string of the molecule is COc1ccc2c(-c3ccc(N=CN(C)C)cc3)c3ccc(=[N+](C)C)cc-3oc2c1. The normalized spacial score (nSPS) is 11.4. The van der Waals surface area contributed by atoms with Crippen molar-refractivity contribution in [3.63, 3.8) is 0 Å². The maximum Gasteiger partial charge on any atom is 0.203 e. The molecular formula is C25H26N3O2+. The van der Waals surface area contributed by atoms with Crippen LogP contribution >= 0.6 is 0 Å². The number of fused-ring (bicyclic) bond motifs is 2. The van der Waals surface area contributed by atoms with E-state index in [-0.39, 0.29) is 0 Å². The predicted molar refractivity (Wildman–Crippen MR) is 124 cm³/mol. The Balaban J connectivity index is 1.97. The van der Waals surface area contributed by atoms with E-state index in [1.165, 1.54) is 0 Å². The van der Waals surface area contributed by atoms with Crippen molar-refractivity contribution in [2.75, 3.05) is 35.3 Å². The minimum atomic E-state index is 0.772. The van der Waals surface area contributed by atoms with Crippen molar-refractivity contribution in [2.45, 2.75) is 0 Å². The zero-order valence-electron chi connectivity index (χ0n) is 18.0. The number of ether oxygens (including phenoxy) is 1. The van der Waals surface area contributed by atoms with Gasteiger partial charge in [-0.3, -0.25) is 0 Å². The van der Waals surface area contributed by atoms with Gasteiger partial charge in [-0.1, -0.05) is 12.1 Å². The molecule has 0 aromatic heterocycles. The molecule has 4 rings (SSSR count). The van der Waals surface area contributed by atoms with Crippen molar-refractivity contribution in [2.24, 2.45) is 4.99 Å². The lowest BCUT2D eigenvalue weighted by molar-refractivity contribution is 0.414. The summed E-state index contributed by atoms with van der Waals surface area (Å²) in [6.45, 7) is 0. The molecule has 0 bridgehead atoms. The molecule has 1 aliphatic heterocycles.